The standard InChI is InChI=1S/C15H21FN2O3/c16-11-4-6-13(7-5-11)21-10-12(19)9-18-15(20)14-3-1-2-8-17-14/h4-7,12,14,17,19H,1-3,8-10H2,(H,18,20). The number of benzene rings is 1. The van der Waals surface area contributed by atoms with Crippen LogP contribution >= 0.6 is 0 Å². The number of hydrogen-bond donors (Lipinski definition) is 3. The number of amides is 1. The molecule has 2 unspecified atom stereocenters. The highest BCUT2D eigenvalue weighted by atomic mass is 19.1. The van der Waals surface area contributed by atoms with Crippen molar-refractivity contribution in [3.05, 3.63) is 30.1 Å². The van der Waals surface area contributed by atoms with Crippen molar-refractivity contribution < 1.29 is 19.0 Å². The Morgan fingerprint density at radius 1 is 1.43 bits per heavy atom. The lowest BCUT2D eigenvalue weighted by Gasteiger charge is -2.23. The van der Waals surface area contributed by atoms with Crippen LogP contribution in [0.25, 0.3) is 0 Å². The zero-order chi connectivity index (χ0) is 15.1. The molecule has 0 radical (unpaired) electrons. The van der Waals surface area contributed by atoms with E-state index in [1.54, 1.807) is 0 Å². The zero-order valence-corrected chi connectivity index (χ0v) is 11.8. The Labute approximate surface area is 123 Å². The Kier molecular flexibility index (Phi) is 5.95. The van der Waals surface area contributed by atoms with Crippen LogP contribution in [0.15, 0.2) is 24.3 Å². The minimum absolute atomic E-state index is 0.0456. The molecule has 1 aromatic carbocycles. The van der Waals surface area contributed by atoms with Crippen molar-refractivity contribution in [2.45, 2.75) is 31.4 Å². The largest absolute Gasteiger partial charge is 0.491 e. The van der Waals surface area contributed by atoms with Gasteiger partial charge in [0.1, 0.15) is 24.3 Å². The van der Waals surface area contributed by atoms with Gasteiger partial charge in [0.15, 0.2) is 0 Å². The second-order valence-corrected chi connectivity index (χ2v) is 5.17. The van der Waals surface area contributed by atoms with E-state index in [2.05, 4.69) is 10.6 Å². The van der Waals surface area contributed by atoms with Crippen molar-refractivity contribution in [1.29, 1.82) is 0 Å². The Balaban J connectivity index is 1.65. The van der Waals surface area contributed by atoms with Gasteiger partial charge < -0.3 is 20.5 Å². The van der Waals surface area contributed by atoms with E-state index in [4.69, 9.17) is 4.74 Å². The van der Waals surface area contributed by atoms with Gasteiger partial charge in [-0.2, -0.15) is 0 Å². The summed E-state index contributed by atoms with van der Waals surface area (Å²) in [4.78, 5) is 11.8. The second kappa shape index (κ2) is 7.95. The molecular weight excluding hydrogens is 275 g/mol. The molecule has 1 aliphatic rings. The number of carbonyl (C=O) groups excluding carboxylic acids is 1. The molecular formula is C15H21FN2O3. The van der Waals surface area contributed by atoms with Gasteiger partial charge in [0, 0.05) is 6.54 Å². The summed E-state index contributed by atoms with van der Waals surface area (Å²) >= 11 is 0. The molecule has 0 spiro atoms. The van der Waals surface area contributed by atoms with Crippen molar-refractivity contribution in [3.8, 4) is 5.75 Å². The highest BCUT2D eigenvalue weighted by Crippen LogP contribution is 2.11. The van der Waals surface area contributed by atoms with E-state index in [1.807, 2.05) is 0 Å². The summed E-state index contributed by atoms with van der Waals surface area (Å²) in [6, 6.07) is 5.40. The molecule has 5 nitrogen and oxygen atoms in total. The summed E-state index contributed by atoms with van der Waals surface area (Å²) in [5.74, 6) is 0.0569. The first-order valence-corrected chi connectivity index (χ1v) is 7.22. The molecule has 1 amide bonds. The Hall–Kier alpha value is -1.66. The van der Waals surface area contributed by atoms with Crippen LogP contribution in [0.3, 0.4) is 0 Å². The predicted molar refractivity (Wildman–Crippen MR) is 76.6 cm³/mol. The van der Waals surface area contributed by atoms with Crippen LogP contribution in [-0.2, 0) is 4.79 Å². The van der Waals surface area contributed by atoms with E-state index in [-0.39, 0.29) is 30.9 Å². The van der Waals surface area contributed by atoms with Crippen LogP contribution in [0.2, 0.25) is 0 Å². The maximum Gasteiger partial charge on any atom is 0.237 e. The first-order chi connectivity index (χ1) is 10.1. The number of aliphatic hydroxyl groups excluding tert-OH is 1. The van der Waals surface area contributed by atoms with Crippen LogP contribution in [-0.4, -0.2) is 42.9 Å². The lowest BCUT2D eigenvalue weighted by molar-refractivity contribution is -0.124. The molecule has 0 aliphatic carbocycles. The summed E-state index contributed by atoms with van der Waals surface area (Å²) in [5, 5.41) is 15.6. The van der Waals surface area contributed by atoms with Crippen LogP contribution in [0.5, 0.6) is 5.75 Å². The lowest BCUT2D eigenvalue weighted by Crippen LogP contribution is -2.48. The first kappa shape index (κ1) is 15.7. The number of piperidine rings is 1. The SMILES string of the molecule is O=C(NCC(O)COc1ccc(F)cc1)C1CCCCN1. The smallest absolute Gasteiger partial charge is 0.237 e. The van der Waals surface area contributed by atoms with E-state index in [0.717, 1.165) is 25.8 Å². The molecule has 116 valence electrons. The maximum absolute atomic E-state index is 12.7. The topological polar surface area (TPSA) is 70.6 Å². The van der Waals surface area contributed by atoms with E-state index in [1.165, 1.54) is 24.3 Å². The van der Waals surface area contributed by atoms with Crippen molar-refractivity contribution in [3.63, 3.8) is 0 Å². The minimum atomic E-state index is -0.803. The van der Waals surface area contributed by atoms with Gasteiger partial charge in [-0.15, -0.1) is 0 Å². The predicted octanol–water partition coefficient (Wildman–Crippen LogP) is 0.824. The normalized spacial score (nSPS) is 19.8. The summed E-state index contributed by atoms with van der Waals surface area (Å²) < 4.78 is 18.0. The molecule has 0 bridgehead atoms. The second-order valence-electron chi connectivity index (χ2n) is 5.17. The molecule has 0 saturated carbocycles. The fourth-order valence-corrected chi connectivity index (χ4v) is 2.20. The number of aliphatic hydroxyl groups is 1. The molecule has 1 aromatic rings. The third kappa shape index (κ3) is 5.32. The van der Waals surface area contributed by atoms with Gasteiger partial charge in [-0.3, -0.25) is 4.79 Å². The summed E-state index contributed by atoms with van der Waals surface area (Å²) in [7, 11) is 0. The highest BCUT2D eigenvalue weighted by Gasteiger charge is 2.20. The Bertz CT molecular complexity index is 447. The monoisotopic (exact) mass is 296 g/mol. The van der Waals surface area contributed by atoms with Crippen LogP contribution in [0.4, 0.5) is 4.39 Å². The maximum atomic E-state index is 12.7. The quantitative estimate of drug-likeness (QED) is 0.727. The van der Waals surface area contributed by atoms with E-state index >= 15 is 0 Å². The van der Waals surface area contributed by atoms with Crippen LogP contribution < -0.4 is 15.4 Å². The van der Waals surface area contributed by atoms with Gasteiger partial charge in [0.25, 0.3) is 0 Å². The summed E-state index contributed by atoms with van der Waals surface area (Å²) in [6.07, 6.45) is 2.16. The van der Waals surface area contributed by atoms with Gasteiger partial charge in [0.05, 0.1) is 6.04 Å². The molecule has 6 heteroatoms. The number of ether oxygens (including phenoxy) is 1. The minimum Gasteiger partial charge on any atom is -0.491 e. The number of rotatable bonds is 6. The number of carbonyl (C=O) groups is 1. The highest BCUT2D eigenvalue weighted by molar-refractivity contribution is 5.81. The van der Waals surface area contributed by atoms with Gasteiger partial charge in [0.2, 0.25) is 5.91 Å². The average Bonchev–Trinajstić information content (AvgIpc) is 2.53. The van der Waals surface area contributed by atoms with E-state index < -0.39 is 6.10 Å². The van der Waals surface area contributed by atoms with Crippen LogP contribution in [0.1, 0.15) is 19.3 Å². The number of hydrogen-bond acceptors (Lipinski definition) is 4. The Morgan fingerprint density at radius 3 is 2.86 bits per heavy atom. The third-order valence-electron chi connectivity index (χ3n) is 3.39. The zero-order valence-electron chi connectivity index (χ0n) is 11.8. The molecule has 1 fully saturated rings. The molecule has 21 heavy (non-hydrogen) atoms. The van der Waals surface area contributed by atoms with Gasteiger partial charge in [-0.05, 0) is 43.7 Å². The lowest BCUT2D eigenvalue weighted by atomic mass is 10.0. The van der Waals surface area contributed by atoms with Crippen LogP contribution in [0, 0.1) is 5.82 Å². The third-order valence-corrected chi connectivity index (χ3v) is 3.39. The molecule has 3 N–H and O–H groups in total. The molecule has 1 heterocycles. The first-order valence-electron chi connectivity index (χ1n) is 7.22. The van der Waals surface area contributed by atoms with E-state index in [0.29, 0.717) is 5.75 Å². The van der Waals surface area contributed by atoms with Gasteiger partial charge >= 0.3 is 0 Å². The van der Waals surface area contributed by atoms with Crippen molar-refractivity contribution in [2.75, 3.05) is 19.7 Å². The van der Waals surface area contributed by atoms with Gasteiger partial charge in [-0.1, -0.05) is 6.42 Å². The fraction of sp³-hybridized carbons (Fsp3) is 0.533. The van der Waals surface area contributed by atoms with Crippen molar-refractivity contribution >= 4 is 5.91 Å². The summed E-state index contributed by atoms with van der Waals surface area (Å²) in [6.45, 7) is 1.04. The molecule has 1 saturated heterocycles. The van der Waals surface area contributed by atoms with Crippen molar-refractivity contribution in [2.24, 2.45) is 0 Å². The van der Waals surface area contributed by atoms with Crippen molar-refractivity contribution in [1.82, 2.24) is 10.6 Å². The van der Waals surface area contributed by atoms with E-state index in [9.17, 15) is 14.3 Å². The molecule has 2 atom stereocenters. The number of nitrogens with one attached hydrogen (secondary N) is 2. The van der Waals surface area contributed by atoms with Gasteiger partial charge in [-0.25, -0.2) is 4.39 Å². The molecule has 0 aromatic heterocycles. The molecule has 1 aliphatic heterocycles. The molecule has 2 rings (SSSR count). The average molecular weight is 296 g/mol. The fourth-order valence-electron chi connectivity index (χ4n) is 2.20. The number of halogens is 1. The Morgan fingerprint density at radius 2 is 2.19 bits per heavy atom. The summed E-state index contributed by atoms with van der Waals surface area (Å²) in [5.41, 5.74) is 0.